The fraction of sp³-hybridized carbons (Fsp3) is 0.429. The molecule has 3 nitrogen and oxygen atoms in total. The molecule has 0 aliphatic rings. The number of rotatable bonds is 8. The van der Waals surface area contributed by atoms with Crippen LogP contribution in [-0.4, -0.2) is 26.4 Å². The summed E-state index contributed by atoms with van der Waals surface area (Å²) in [6.45, 7) is 8.07. The lowest BCUT2D eigenvalue weighted by Crippen LogP contribution is -2.11. The molecule has 1 rings (SSSR count). The molecule has 0 unspecified atom stereocenters. The molecule has 94 valence electrons. The lowest BCUT2D eigenvalue weighted by Gasteiger charge is -2.10. The normalized spacial score (nSPS) is 10.2. The average molecular weight is 235 g/mol. The first kappa shape index (κ1) is 13.7. The van der Waals surface area contributed by atoms with Crippen LogP contribution >= 0.6 is 0 Å². The average Bonchev–Trinajstić information content (AvgIpc) is 2.34. The van der Waals surface area contributed by atoms with Gasteiger partial charge < -0.3 is 15.2 Å². The Morgan fingerprint density at radius 3 is 2.82 bits per heavy atom. The monoisotopic (exact) mass is 235 g/mol. The van der Waals surface area contributed by atoms with E-state index in [0.717, 1.165) is 17.7 Å². The number of benzene rings is 1. The largest absolute Gasteiger partial charge is 0.492 e. The zero-order chi connectivity index (χ0) is 12.5. The number of aryl methyl sites for hydroxylation is 1. The van der Waals surface area contributed by atoms with Crippen molar-refractivity contribution >= 4 is 0 Å². The Labute approximate surface area is 103 Å². The van der Waals surface area contributed by atoms with Crippen LogP contribution in [0.2, 0.25) is 0 Å². The van der Waals surface area contributed by atoms with Crippen molar-refractivity contribution in [1.82, 2.24) is 0 Å². The third kappa shape index (κ3) is 5.02. The number of hydrogen-bond acceptors (Lipinski definition) is 3. The third-order valence-electron chi connectivity index (χ3n) is 2.39. The van der Waals surface area contributed by atoms with Crippen LogP contribution in [0.1, 0.15) is 11.1 Å². The highest BCUT2D eigenvalue weighted by molar-refractivity contribution is 5.36. The molecule has 1 aromatic rings. The first-order valence-electron chi connectivity index (χ1n) is 5.89. The summed E-state index contributed by atoms with van der Waals surface area (Å²) in [4.78, 5) is 0. The van der Waals surface area contributed by atoms with Crippen LogP contribution in [0.5, 0.6) is 5.75 Å². The number of hydrogen-bond donors (Lipinski definition) is 1. The van der Waals surface area contributed by atoms with Gasteiger partial charge in [0.25, 0.3) is 0 Å². The van der Waals surface area contributed by atoms with Crippen LogP contribution in [0.4, 0.5) is 0 Å². The molecule has 0 amide bonds. The van der Waals surface area contributed by atoms with Crippen LogP contribution in [0.25, 0.3) is 0 Å². The second-order valence-corrected chi connectivity index (χ2v) is 3.85. The van der Waals surface area contributed by atoms with E-state index >= 15 is 0 Å². The first-order valence-corrected chi connectivity index (χ1v) is 5.89. The minimum Gasteiger partial charge on any atom is -0.492 e. The van der Waals surface area contributed by atoms with Crippen molar-refractivity contribution < 1.29 is 9.47 Å². The maximum Gasteiger partial charge on any atom is 0.122 e. The van der Waals surface area contributed by atoms with Crippen LogP contribution < -0.4 is 10.5 Å². The second-order valence-electron chi connectivity index (χ2n) is 3.85. The Kier molecular flexibility index (Phi) is 6.37. The highest BCUT2D eigenvalue weighted by atomic mass is 16.5. The molecule has 0 fully saturated rings. The quantitative estimate of drug-likeness (QED) is 0.554. The number of ether oxygens (including phenoxy) is 2. The highest BCUT2D eigenvalue weighted by Gasteiger charge is 2.01. The zero-order valence-corrected chi connectivity index (χ0v) is 10.4. The Bertz CT molecular complexity index is 350. The van der Waals surface area contributed by atoms with Gasteiger partial charge in [-0.3, -0.25) is 0 Å². The van der Waals surface area contributed by atoms with Gasteiger partial charge in [0, 0.05) is 6.54 Å². The fourth-order valence-corrected chi connectivity index (χ4v) is 1.55. The molecule has 0 saturated carbocycles. The maximum atomic E-state index is 5.51. The van der Waals surface area contributed by atoms with Crippen LogP contribution in [-0.2, 0) is 11.2 Å². The Morgan fingerprint density at radius 1 is 1.35 bits per heavy atom. The van der Waals surface area contributed by atoms with Crippen molar-refractivity contribution in [3.05, 3.63) is 42.0 Å². The van der Waals surface area contributed by atoms with Gasteiger partial charge in [-0.15, -0.1) is 6.58 Å². The van der Waals surface area contributed by atoms with Crippen molar-refractivity contribution in [1.29, 1.82) is 0 Å². The van der Waals surface area contributed by atoms with E-state index in [4.69, 9.17) is 15.2 Å². The maximum absolute atomic E-state index is 5.51. The molecule has 3 heteroatoms. The molecular weight excluding hydrogens is 214 g/mol. The van der Waals surface area contributed by atoms with Crippen molar-refractivity contribution in [3.63, 3.8) is 0 Å². The van der Waals surface area contributed by atoms with Crippen molar-refractivity contribution in [2.75, 3.05) is 26.4 Å². The summed E-state index contributed by atoms with van der Waals surface area (Å²) in [5.74, 6) is 0.909. The van der Waals surface area contributed by atoms with Gasteiger partial charge in [-0.05, 0) is 30.5 Å². The molecule has 2 N–H and O–H groups in total. The van der Waals surface area contributed by atoms with Crippen molar-refractivity contribution in [2.24, 2.45) is 5.73 Å². The standard InChI is InChI=1S/C14H21NO2/c1-3-8-16-9-6-13-4-5-14(12(2)11-13)17-10-7-15/h3-5,11H,1,6-10,15H2,2H3. The Hall–Kier alpha value is -1.32. The van der Waals surface area contributed by atoms with E-state index in [0.29, 0.717) is 26.4 Å². The molecule has 1 aromatic carbocycles. The predicted octanol–water partition coefficient (Wildman–Crippen LogP) is 2.08. The molecule has 0 atom stereocenters. The van der Waals surface area contributed by atoms with Crippen LogP contribution in [0, 0.1) is 6.92 Å². The summed E-state index contributed by atoms with van der Waals surface area (Å²) in [5, 5.41) is 0. The molecule has 0 saturated heterocycles. The summed E-state index contributed by atoms with van der Waals surface area (Å²) in [6.07, 6.45) is 2.67. The Balaban J connectivity index is 2.47. The smallest absolute Gasteiger partial charge is 0.122 e. The van der Waals surface area contributed by atoms with E-state index in [9.17, 15) is 0 Å². The lowest BCUT2D eigenvalue weighted by molar-refractivity contribution is 0.166. The topological polar surface area (TPSA) is 44.5 Å². The molecule has 0 spiro atoms. The number of nitrogens with two attached hydrogens (primary N) is 1. The molecule has 0 aromatic heterocycles. The third-order valence-corrected chi connectivity index (χ3v) is 2.39. The molecule has 0 aliphatic heterocycles. The van der Waals surface area contributed by atoms with Gasteiger partial charge in [-0.25, -0.2) is 0 Å². The summed E-state index contributed by atoms with van der Waals surface area (Å²) >= 11 is 0. The SMILES string of the molecule is C=CCOCCc1ccc(OCCN)c(C)c1. The van der Waals surface area contributed by atoms with Gasteiger partial charge in [-0.2, -0.15) is 0 Å². The lowest BCUT2D eigenvalue weighted by atomic mass is 10.1. The van der Waals surface area contributed by atoms with Crippen molar-refractivity contribution in [2.45, 2.75) is 13.3 Å². The molecule has 0 radical (unpaired) electrons. The van der Waals surface area contributed by atoms with E-state index < -0.39 is 0 Å². The van der Waals surface area contributed by atoms with E-state index in [1.165, 1.54) is 5.56 Å². The minimum atomic E-state index is 0.538. The van der Waals surface area contributed by atoms with Gasteiger partial charge in [0.15, 0.2) is 0 Å². The van der Waals surface area contributed by atoms with Gasteiger partial charge in [0.2, 0.25) is 0 Å². The molecular formula is C14H21NO2. The molecule has 17 heavy (non-hydrogen) atoms. The van der Waals surface area contributed by atoms with E-state index in [-0.39, 0.29) is 0 Å². The van der Waals surface area contributed by atoms with Gasteiger partial charge >= 0.3 is 0 Å². The predicted molar refractivity (Wildman–Crippen MR) is 70.4 cm³/mol. The van der Waals surface area contributed by atoms with Gasteiger partial charge in [0.05, 0.1) is 13.2 Å². The fourth-order valence-electron chi connectivity index (χ4n) is 1.55. The van der Waals surface area contributed by atoms with E-state index in [1.54, 1.807) is 6.08 Å². The highest BCUT2D eigenvalue weighted by Crippen LogP contribution is 2.19. The van der Waals surface area contributed by atoms with Crippen LogP contribution in [0.15, 0.2) is 30.9 Å². The zero-order valence-electron chi connectivity index (χ0n) is 10.4. The first-order chi connectivity index (χ1) is 8.27. The minimum absolute atomic E-state index is 0.538. The Morgan fingerprint density at radius 2 is 2.18 bits per heavy atom. The molecule has 0 aliphatic carbocycles. The summed E-state index contributed by atoms with van der Waals surface area (Å²) in [6, 6.07) is 6.19. The van der Waals surface area contributed by atoms with E-state index in [2.05, 4.69) is 18.7 Å². The summed E-state index contributed by atoms with van der Waals surface area (Å²) in [5.41, 5.74) is 7.80. The summed E-state index contributed by atoms with van der Waals surface area (Å²) in [7, 11) is 0. The van der Waals surface area contributed by atoms with Gasteiger partial charge in [0.1, 0.15) is 12.4 Å². The second kappa shape index (κ2) is 7.87. The van der Waals surface area contributed by atoms with Crippen LogP contribution in [0.3, 0.4) is 0 Å². The van der Waals surface area contributed by atoms with Crippen molar-refractivity contribution in [3.8, 4) is 5.75 Å². The van der Waals surface area contributed by atoms with Gasteiger partial charge in [-0.1, -0.05) is 18.2 Å². The van der Waals surface area contributed by atoms with E-state index in [1.807, 2.05) is 13.0 Å². The molecule has 0 heterocycles. The summed E-state index contributed by atoms with van der Waals surface area (Å²) < 4.78 is 10.9. The molecule has 0 bridgehead atoms.